The van der Waals surface area contributed by atoms with Crippen molar-refractivity contribution in [1.82, 2.24) is 9.21 Å². The van der Waals surface area contributed by atoms with Gasteiger partial charge in [0.25, 0.3) is 0 Å². The number of ether oxygens (including phenoxy) is 2. The second-order valence-corrected chi connectivity index (χ2v) is 9.62. The van der Waals surface area contributed by atoms with E-state index in [1.807, 2.05) is 0 Å². The highest BCUT2D eigenvalue weighted by atomic mass is 32.2. The summed E-state index contributed by atoms with van der Waals surface area (Å²) in [5, 5.41) is 0. The molecule has 0 bridgehead atoms. The number of nitrogens with zero attached hydrogens (tertiary/aromatic N) is 2. The lowest BCUT2D eigenvalue weighted by atomic mass is 9.81. The zero-order valence-electron chi connectivity index (χ0n) is 15.0. The van der Waals surface area contributed by atoms with Gasteiger partial charge in [0.05, 0.1) is 4.90 Å². The van der Waals surface area contributed by atoms with Crippen molar-refractivity contribution in [1.29, 1.82) is 0 Å². The van der Waals surface area contributed by atoms with Crippen LogP contribution in [0.2, 0.25) is 0 Å². The summed E-state index contributed by atoms with van der Waals surface area (Å²) in [5.74, 6) is -0.0491. The van der Waals surface area contributed by atoms with Crippen molar-refractivity contribution < 1.29 is 26.7 Å². The molecule has 0 atom stereocenters. The molecule has 9 heteroatoms. The molecule has 3 aliphatic heterocycles. The second kappa shape index (κ2) is 7.27. The lowest BCUT2D eigenvalue weighted by Crippen LogP contribution is -2.59. The molecular formula is C18H24F2N2O4S. The van der Waals surface area contributed by atoms with Crippen LogP contribution in [0.3, 0.4) is 0 Å². The maximum atomic E-state index is 12.8. The molecule has 0 radical (unpaired) electrons. The molecule has 3 aliphatic rings. The van der Waals surface area contributed by atoms with Crippen LogP contribution < -0.4 is 4.74 Å². The Labute approximate surface area is 158 Å². The fraction of sp³-hybridized carbons (Fsp3) is 0.667. The van der Waals surface area contributed by atoms with Gasteiger partial charge >= 0.3 is 6.61 Å². The largest absolute Gasteiger partial charge is 0.435 e. The van der Waals surface area contributed by atoms with Gasteiger partial charge in [-0.15, -0.1) is 0 Å². The topological polar surface area (TPSA) is 59.1 Å². The highest BCUT2D eigenvalue weighted by molar-refractivity contribution is 7.89. The molecule has 1 spiro atoms. The number of sulfonamides is 1. The van der Waals surface area contributed by atoms with Gasteiger partial charge in [0.2, 0.25) is 10.0 Å². The lowest BCUT2D eigenvalue weighted by molar-refractivity contribution is -0.0498. The summed E-state index contributed by atoms with van der Waals surface area (Å²) in [6.45, 7) is 1.67. The molecule has 4 rings (SSSR count). The van der Waals surface area contributed by atoms with E-state index in [1.54, 1.807) is 0 Å². The van der Waals surface area contributed by atoms with E-state index in [0.29, 0.717) is 19.1 Å². The van der Waals surface area contributed by atoms with E-state index >= 15 is 0 Å². The molecule has 3 fully saturated rings. The summed E-state index contributed by atoms with van der Waals surface area (Å²) in [4.78, 5) is 2.60. The summed E-state index contributed by atoms with van der Waals surface area (Å²) in [6, 6.07) is 5.71. The van der Waals surface area contributed by atoms with E-state index in [1.165, 1.54) is 28.6 Å². The number of alkyl halides is 2. The maximum Gasteiger partial charge on any atom is 0.387 e. The number of benzene rings is 1. The number of hydrogen-bond acceptors (Lipinski definition) is 5. The van der Waals surface area contributed by atoms with Crippen molar-refractivity contribution in [3.63, 3.8) is 0 Å². The van der Waals surface area contributed by atoms with Gasteiger partial charge in [-0.2, -0.15) is 13.1 Å². The number of rotatable bonds is 5. The molecule has 0 N–H and O–H groups in total. The van der Waals surface area contributed by atoms with Crippen molar-refractivity contribution in [3.05, 3.63) is 24.3 Å². The zero-order chi connectivity index (χ0) is 19.1. The molecule has 0 saturated carbocycles. The Balaban J connectivity index is 1.37. The Kier molecular flexibility index (Phi) is 5.13. The van der Waals surface area contributed by atoms with E-state index in [4.69, 9.17) is 4.74 Å². The van der Waals surface area contributed by atoms with Crippen LogP contribution in [0, 0.1) is 5.41 Å². The van der Waals surface area contributed by atoms with E-state index in [-0.39, 0.29) is 16.1 Å². The third-order valence-electron chi connectivity index (χ3n) is 5.89. The molecule has 0 unspecified atom stereocenters. The minimum absolute atomic E-state index is 0.0457. The number of halogens is 2. The average Bonchev–Trinajstić information content (AvgIpc) is 3.07. The van der Waals surface area contributed by atoms with E-state index in [2.05, 4.69) is 9.64 Å². The fourth-order valence-corrected chi connectivity index (χ4v) is 6.07. The van der Waals surface area contributed by atoms with Crippen molar-refractivity contribution in [2.24, 2.45) is 5.41 Å². The molecular weight excluding hydrogens is 378 g/mol. The number of hydrogen-bond donors (Lipinski definition) is 0. The Hall–Kier alpha value is -1.29. The Morgan fingerprint density at radius 3 is 2.41 bits per heavy atom. The molecule has 1 aromatic rings. The van der Waals surface area contributed by atoms with Crippen LogP contribution in [0.4, 0.5) is 8.78 Å². The molecule has 3 saturated heterocycles. The predicted molar refractivity (Wildman–Crippen MR) is 94.3 cm³/mol. The number of likely N-dealkylation sites (tertiary alicyclic amines) is 1. The minimum Gasteiger partial charge on any atom is -0.435 e. The van der Waals surface area contributed by atoms with Crippen molar-refractivity contribution in [2.75, 3.05) is 39.4 Å². The molecule has 0 amide bonds. The second-order valence-electron chi connectivity index (χ2n) is 7.69. The first-order valence-corrected chi connectivity index (χ1v) is 10.7. The summed E-state index contributed by atoms with van der Waals surface area (Å²) in [7, 11) is -3.60. The van der Waals surface area contributed by atoms with Crippen LogP contribution >= 0.6 is 0 Å². The maximum absolute atomic E-state index is 12.8. The molecule has 0 aliphatic carbocycles. The lowest BCUT2D eigenvalue weighted by Gasteiger charge is -2.47. The van der Waals surface area contributed by atoms with E-state index < -0.39 is 16.6 Å². The minimum atomic E-state index is -3.60. The van der Waals surface area contributed by atoms with Gasteiger partial charge in [0.15, 0.2) is 0 Å². The Morgan fingerprint density at radius 1 is 1.11 bits per heavy atom. The fourth-order valence-electron chi connectivity index (χ4n) is 4.40. The van der Waals surface area contributed by atoms with Crippen LogP contribution in [-0.2, 0) is 14.8 Å². The molecule has 27 heavy (non-hydrogen) atoms. The zero-order valence-corrected chi connectivity index (χ0v) is 15.8. The standard InChI is InChI=1S/C18H24F2N2O4S/c19-17(20)26-15-1-3-16(4-2-15)27(23,24)22-12-18(13-22)7-8-21(11-18)14-5-9-25-10-6-14/h1-4,14,17H,5-13H2. The van der Waals surface area contributed by atoms with Crippen LogP contribution in [0.1, 0.15) is 19.3 Å². The third-order valence-corrected chi connectivity index (χ3v) is 7.69. The summed E-state index contributed by atoms with van der Waals surface area (Å²) in [5.41, 5.74) is 0.0457. The van der Waals surface area contributed by atoms with Crippen LogP contribution in [0.5, 0.6) is 5.75 Å². The SMILES string of the molecule is O=S(=O)(c1ccc(OC(F)F)cc1)N1CC2(CCN(C3CCOCC3)C2)C1. The normalized spacial score (nSPS) is 24.4. The predicted octanol–water partition coefficient (Wildman–Crippen LogP) is 2.16. The van der Waals surface area contributed by atoms with Gasteiger partial charge in [-0.05, 0) is 50.1 Å². The molecule has 0 aromatic heterocycles. The van der Waals surface area contributed by atoms with Crippen molar-refractivity contribution >= 4 is 10.0 Å². The van der Waals surface area contributed by atoms with Crippen LogP contribution in [0.15, 0.2) is 29.2 Å². The van der Waals surface area contributed by atoms with Crippen molar-refractivity contribution in [3.8, 4) is 5.75 Å². The van der Waals surface area contributed by atoms with Gasteiger partial charge in [0, 0.05) is 44.3 Å². The quantitative estimate of drug-likeness (QED) is 0.756. The monoisotopic (exact) mass is 402 g/mol. The van der Waals surface area contributed by atoms with Gasteiger partial charge in [0.1, 0.15) is 5.75 Å². The molecule has 1 aromatic carbocycles. The average molecular weight is 402 g/mol. The Bertz CT molecular complexity index is 760. The summed E-state index contributed by atoms with van der Waals surface area (Å²) >= 11 is 0. The van der Waals surface area contributed by atoms with Gasteiger partial charge in [-0.25, -0.2) is 8.42 Å². The van der Waals surface area contributed by atoms with Gasteiger partial charge < -0.3 is 9.47 Å². The van der Waals surface area contributed by atoms with Crippen LogP contribution in [0.25, 0.3) is 0 Å². The van der Waals surface area contributed by atoms with Gasteiger partial charge in [-0.1, -0.05) is 0 Å². The Morgan fingerprint density at radius 2 is 1.78 bits per heavy atom. The first kappa shape index (κ1) is 19.0. The van der Waals surface area contributed by atoms with Crippen molar-refractivity contribution in [2.45, 2.75) is 36.8 Å². The van der Waals surface area contributed by atoms with Crippen LogP contribution in [-0.4, -0.2) is 69.7 Å². The summed E-state index contributed by atoms with van der Waals surface area (Å²) in [6.07, 6.45) is 3.10. The highest BCUT2D eigenvalue weighted by Crippen LogP contribution is 2.43. The molecule has 6 nitrogen and oxygen atoms in total. The molecule has 3 heterocycles. The highest BCUT2D eigenvalue weighted by Gasteiger charge is 2.52. The molecule has 150 valence electrons. The third kappa shape index (κ3) is 3.83. The van der Waals surface area contributed by atoms with E-state index in [9.17, 15) is 17.2 Å². The summed E-state index contributed by atoms with van der Waals surface area (Å²) < 4.78 is 61.2. The first-order valence-electron chi connectivity index (χ1n) is 9.25. The van der Waals surface area contributed by atoms with E-state index in [0.717, 1.165) is 45.6 Å². The smallest absolute Gasteiger partial charge is 0.387 e. The first-order chi connectivity index (χ1) is 12.9. The van der Waals surface area contributed by atoms with Gasteiger partial charge in [-0.3, -0.25) is 4.90 Å².